The van der Waals surface area contributed by atoms with Crippen molar-refractivity contribution in [2.24, 2.45) is 0 Å². The van der Waals surface area contributed by atoms with Gasteiger partial charge < -0.3 is 5.73 Å². The number of hydrogen-bond acceptors (Lipinski definition) is 7. The third-order valence-electron chi connectivity index (χ3n) is 3.09. The number of nitrogen functional groups attached to an aromatic ring is 1. The van der Waals surface area contributed by atoms with Crippen LogP contribution in [0.1, 0.15) is 26.6 Å². The van der Waals surface area contributed by atoms with Crippen molar-refractivity contribution in [3.63, 3.8) is 0 Å². The Labute approximate surface area is 132 Å². The van der Waals surface area contributed by atoms with Gasteiger partial charge in [-0.2, -0.15) is 0 Å². The van der Waals surface area contributed by atoms with E-state index in [1.54, 1.807) is 4.68 Å². The minimum Gasteiger partial charge on any atom is -0.383 e. The van der Waals surface area contributed by atoms with Gasteiger partial charge in [0, 0.05) is 5.39 Å². The molecule has 2 heterocycles. The molecular formula is C14H17N7S. The van der Waals surface area contributed by atoms with E-state index in [0.717, 1.165) is 16.1 Å². The van der Waals surface area contributed by atoms with Crippen molar-refractivity contribution < 1.29 is 0 Å². The molecule has 2 aromatic heterocycles. The average molecular weight is 315 g/mol. The van der Waals surface area contributed by atoms with Crippen molar-refractivity contribution in [2.45, 2.75) is 37.2 Å². The molecule has 3 rings (SSSR count). The van der Waals surface area contributed by atoms with Crippen LogP contribution >= 0.6 is 11.8 Å². The Hall–Kier alpha value is -2.22. The second-order valence-corrected chi connectivity index (χ2v) is 6.82. The number of aromatic nitrogens is 6. The number of para-hydroxylation sites is 1. The lowest BCUT2D eigenvalue weighted by Gasteiger charge is -2.19. The molecule has 22 heavy (non-hydrogen) atoms. The smallest absolute Gasteiger partial charge is 0.210 e. The standard InChI is InChI=1S/C14H17N7S/c1-14(2,3)21-13(18-19-20-21)22-8-11-16-10-7-5-4-6-9(10)12(15)17-11/h4-7H,8H2,1-3H3,(H2,15,16,17). The number of hydrogen-bond donors (Lipinski definition) is 1. The van der Waals surface area contributed by atoms with Gasteiger partial charge in [-0.1, -0.05) is 23.9 Å². The average Bonchev–Trinajstić information content (AvgIpc) is 2.94. The second kappa shape index (κ2) is 5.53. The Morgan fingerprint density at radius 2 is 1.95 bits per heavy atom. The number of benzene rings is 1. The number of nitrogens with zero attached hydrogens (tertiary/aromatic N) is 6. The van der Waals surface area contributed by atoms with E-state index in [-0.39, 0.29) is 5.54 Å². The van der Waals surface area contributed by atoms with E-state index in [9.17, 15) is 0 Å². The summed E-state index contributed by atoms with van der Waals surface area (Å²) in [6, 6.07) is 7.71. The highest BCUT2D eigenvalue weighted by molar-refractivity contribution is 7.98. The zero-order chi connectivity index (χ0) is 15.7. The summed E-state index contributed by atoms with van der Waals surface area (Å²) in [7, 11) is 0. The fourth-order valence-electron chi connectivity index (χ4n) is 2.03. The largest absolute Gasteiger partial charge is 0.383 e. The molecule has 1 aromatic carbocycles. The van der Waals surface area contributed by atoms with Crippen LogP contribution in [-0.2, 0) is 11.3 Å². The van der Waals surface area contributed by atoms with E-state index in [1.807, 2.05) is 24.3 Å². The Morgan fingerprint density at radius 3 is 2.73 bits per heavy atom. The summed E-state index contributed by atoms with van der Waals surface area (Å²) >= 11 is 1.50. The van der Waals surface area contributed by atoms with Crippen molar-refractivity contribution in [1.29, 1.82) is 0 Å². The molecule has 2 N–H and O–H groups in total. The molecule has 0 aliphatic heterocycles. The molecule has 0 aliphatic carbocycles. The first-order valence-electron chi connectivity index (χ1n) is 6.88. The lowest BCUT2D eigenvalue weighted by molar-refractivity contribution is 0.321. The first-order chi connectivity index (χ1) is 10.4. The molecule has 3 aromatic rings. The second-order valence-electron chi connectivity index (χ2n) is 5.87. The minimum atomic E-state index is -0.172. The van der Waals surface area contributed by atoms with E-state index >= 15 is 0 Å². The first-order valence-corrected chi connectivity index (χ1v) is 7.86. The van der Waals surface area contributed by atoms with E-state index in [1.165, 1.54) is 11.8 Å². The fraction of sp³-hybridized carbons (Fsp3) is 0.357. The summed E-state index contributed by atoms with van der Waals surface area (Å²) < 4.78 is 1.79. The molecule has 8 heteroatoms. The fourth-order valence-corrected chi connectivity index (χ4v) is 2.95. The summed E-state index contributed by atoms with van der Waals surface area (Å²) in [5, 5.41) is 13.5. The summed E-state index contributed by atoms with van der Waals surface area (Å²) in [4.78, 5) is 8.90. The van der Waals surface area contributed by atoms with Gasteiger partial charge in [0.05, 0.1) is 16.8 Å². The maximum Gasteiger partial charge on any atom is 0.210 e. The van der Waals surface area contributed by atoms with Gasteiger partial charge in [-0.15, -0.1) is 5.10 Å². The third-order valence-corrected chi connectivity index (χ3v) is 4.00. The number of tetrazole rings is 1. The number of thioether (sulfide) groups is 1. The molecular weight excluding hydrogens is 298 g/mol. The lowest BCUT2D eigenvalue weighted by atomic mass is 10.1. The maximum atomic E-state index is 6.00. The highest BCUT2D eigenvalue weighted by atomic mass is 32.2. The zero-order valence-corrected chi connectivity index (χ0v) is 13.5. The molecule has 0 radical (unpaired) electrons. The van der Waals surface area contributed by atoms with E-state index in [4.69, 9.17) is 5.73 Å². The lowest BCUT2D eigenvalue weighted by Crippen LogP contribution is -2.24. The molecule has 0 fully saturated rings. The summed E-state index contributed by atoms with van der Waals surface area (Å²) in [5.41, 5.74) is 6.68. The van der Waals surface area contributed by atoms with Crippen LogP contribution in [0.3, 0.4) is 0 Å². The highest BCUT2D eigenvalue weighted by Crippen LogP contribution is 2.25. The number of nitrogens with two attached hydrogens (primary N) is 1. The Morgan fingerprint density at radius 1 is 1.18 bits per heavy atom. The Balaban J connectivity index is 1.84. The highest BCUT2D eigenvalue weighted by Gasteiger charge is 2.20. The van der Waals surface area contributed by atoms with Gasteiger partial charge in [0.15, 0.2) is 0 Å². The predicted molar refractivity (Wildman–Crippen MR) is 86.3 cm³/mol. The van der Waals surface area contributed by atoms with Crippen molar-refractivity contribution in [1.82, 2.24) is 30.2 Å². The molecule has 0 saturated carbocycles. The molecule has 114 valence electrons. The van der Waals surface area contributed by atoms with Gasteiger partial charge in [-0.05, 0) is 43.3 Å². The minimum absolute atomic E-state index is 0.172. The first kappa shape index (κ1) is 14.7. The van der Waals surface area contributed by atoms with Gasteiger partial charge in [-0.3, -0.25) is 0 Å². The van der Waals surface area contributed by atoms with Crippen LogP contribution in [0.25, 0.3) is 10.9 Å². The van der Waals surface area contributed by atoms with Crippen LogP contribution in [0.5, 0.6) is 0 Å². The monoisotopic (exact) mass is 315 g/mol. The van der Waals surface area contributed by atoms with Gasteiger partial charge >= 0.3 is 0 Å². The van der Waals surface area contributed by atoms with Crippen molar-refractivity contribution >= 4 is 28.5 Å². The molecule has 0 saturated heterocycles. The van der Waals surface area contributed by atoms with Crippen molar-refractivity contribution in [3.05, 3.63) is 30.1 Å². The Bertz CT molecular complexity index is 806. The molecule has 0 bridgehead atoms. The van der Waals surface area contributed by atoms with E-state index < -0.39 is 0 Å². The number of rotatable bonds is 3. The summed E-state index contributed by atoms with van der Waals surface area (Å²) in [5.74, 6) is 1.73. The van der Waals surface area contributed by atoms with Crippen LogP contribution in [0, 0.1) is 0 Å². The number of anilines is 1. The quantitative estimate of drug-likeness (QED) is 0.740. The molecule has 0 unspecified atom stereocenters. The normalized spacial score (nSPS) is 12.0. The maximum absolute atomic E-state index is 6.00. The number of fused-ring (bicyclic) bond motifs is 1. The van der Waals surface area contributed by atoms with Crippen LogP contribution < -0.4 is 5.73 Å². The summed E-state index contributed by atoms with van der Waals surface area (Å²) in [6.45, 7) is 6.16. The van der Waals surface area contributed by atoms with Gasteiger partial charge in [0.1, 0.15) is 11.6 Å². The topological polar surface area (TPSA) is 95.4 Å². The van der Waals surface area contributed by atoms with Crippen molar-refractivity contribution in [2.75, 3.05) is 5.73 Å². The molecule has 7 nitrogen and oxygen atoms in total. The summed E-state index contributed by atoms with van der Waals surface area (Å²) in [6.07, 6.45) is 0. The van der Waals surface area contributed by atoms with Crippen LogP contribution in [0.2, 0.25) is 0 Å². The van der Waals surface area contributed by atoms with Crippen molar-refractivity contribution in [3.8, 4) is 0 Å². The Kier molecular flexibility index (Phi) is 3.69. The van der Waals surface area contributed by atoms with Crippen LogP contribution in [0.4, 0.5) is 5.82 Å². The molecule has 0 atom stereocenters. The van der Waals surface area contributed by atoms with Gasteiger partial charge in [0.25, 0.3) is 0 Å². The SMILES string of the molecule is CC(C)(C)n1nnnc1SCc1nc(N)c2ccccc2n1. The predicted octanol–water partition coefficient (Wildman–Crippen LogP) is 2.25. The van der Waals surface area contributed by atoms with Crippen LogP contribution in [0.15, 0.2) is 29.4 Å². The van der Waals surface area contributed by atoms with Gasteiger partial charge in [-0.25, -0.2) is 14.6 Å². The zero-order valence-electron chi connectivity index (χ0n) is 12.7. The third kappa shape index (κ3) is 2.87. The van der Waals surface area contributed by atoms with E-state index in [2.05, 4.69) is 46.3 Å². The molecule has 0 amide bonds. The molecule has 0 spiro atoms. The molecule has 0 aliphatic rings. The van der Waals surface area contributed by atoms with E-state index in [0.29, 0.717) is 17.4 Å². The van der Waals surface area contributed by atoms with Gasteiger partial charge in [0.2, 0.25) is 5.16 Å². The van der Waals surface area contributed by atoms with Crippen LogP contribution in [-0.4, -0.2) is 30.2 Å².